The smallest absolute Gasteiger partial charge is 0.252 e. The quantitative estimate of drug-likeness (QED) is 0.822. The lowest BCUT2D eigenvalue weighted by Gasteiger charge is -2.24. The van der Waals surface area contributed by atoms with Gasteiger partial charge in [0.15, 0.2) is 5.82 Å². The van der Waals surface area contributed by atoms with Crippen LogP contribution >= 0.6 is 0 Å². The van der Waals surface area contributed by atoms with Crippen molar-refractivity contribution in [3.63, 3.8) is 0 Å². The molecule has 3 unspecified atom stereocenters. The van der Waals surface area contributed by atoms with Gasteiger partial charge < -0.3 is 15.0 Å². The van der Waals surface area contributed by atoms with Gasteiger partial charge in [-0.15, -0.1) is 5.10 Å². The minimum Gasteiger partial charge on any atom is -0.368 e. The van der Waals surface area contributed by atoms with Crippen LogP contribution in [0.5, 0.6) is 0 Å². The fourth-order valence-corrected chi connectivity index (χ4v) is 3.67. The number of nitrogens with zero attached hydrogens (tertiary/aromatic N) is 5. The number of amides is 2. The molecule has 0 spiro atoms. The highest BCUT2D eigenvalue weighted by Gasteiger charge is 2.37. The Kier molecular flexibility index (Phi) is 4.54. The van der Waals surface area contributed by atoms with Crippen molar-refractivity contribution in [3.8, 4) is 0 Å². The summed E-state index contributed by atoms with van der Waals surface area (Å²) in [4.78, 5) is 35.0. The second-order valence-corrected chi connectivity index (χ2v) is 6.91. The summed E-state index contributed by atoms with van der Waals surface area (Å²) in [5, 5.41) is 7.23. The van der Waals surface area contributed by atoms with Gasteiger partial charge in [0.05, 0.1) is 6.42 Å². The maximum Gasteiger partial charge on any atom is 0.252 e. The number of ether oxygens (including phenoxy) is 1. The van der Waals surface area contributed by atoms with Crippen LogP contribution in [0.4, 0.5) is 0 Å². The van der Waals surface area contributed by atoms with E-state index < -0.39 is 0 Å². The third kappa shape index (κ3) is 3.39. The minimum atomic E-state index is -0.318. The van der Waals surface area contributed by atoms with E-state index in [1.54, 1.807) is 23.0 Å². The van der Waals surface area contributed by atoms with Crippen LogP contribution < -0.4 is 5.32 Å². The Morgan fingerprint density at radius 1 is 1.42 bits per heavy atom. The first-order chi connectivity index (χ1) is 12.6. The number of carbonyl (C=O) groups excluding carboxylic acids is 2. The van der Waals surface area contributed by atoms with E-state index >= 15 is 0 Å². The van der Waals surface area contributed by atoms with Crippen LogP contribution in [0.15, 0.2) is 18.5 Å². The second kappa shape index (κ2) is 6.99. The topological polar surface area (TPSA) is 102 Å². The summed E-state index contributed by atoms with van der Waals surface area (Å²) in [6, 6.07) is 1.79. The van der Waals surface area contributed by atoms with Crippen molar-refractivity contribution >= 4 is 17.6 Å². The van der Waals surface area contributed by atoms with Crippen molar-refractivity contribution in [2.24, 2.45) is 0 Å². The number of rotatable bonds is 4. The summed E-state index contributed by atoms with van der Waals surface area (Å²) in [6.45, 7) is 3.18. The molecule has 4 rings (SSSR count). The Bertz CT molecular complexity index is 783. The van der Waals surface area contributed by atoms with Crippen LogP contribution in [0.3, 0.4) is 0 Å². The van der Waals surface area contributed by atoms with Crippen LogP contribution in [0.1, 0.15) is 32.0 Å². The van der Waals surface area contributed by atoms with Gasteiger partial charge in [-0.2, -0.15) is 4.98 Å². The molecule has 9 nitrogen and oxygen atoms in total. The molecule has 0 aromatic carbocycles. The molecule has 2 aliphatic rings. The first-order valence-electron chi connectivity index (χ1n) is 8.98. The normalized spacial score (nSPS) is 25.7. The minimum absolute atomic E-state index is 0.0415. The summed E-state index contributed by atoms with van der Waals surface area (Å²) in [5.41, 5.74) is 0. The number of nitrogens with one attached hydrogen (secondary N) is 1. The van der Waals surface area contributed by atoms with Crippen molar-refractivity contribution in [1.82, 2.24) is 29.8 Å². The second-order valence-electron chi connectivity index (χ2n) is 6.91. The van der Waals surface area contributed by atoms with E-state index in [1.807, 2.05) is 11.8 Å². The molecule has 2 aromatic rings. The van der Waals surface area contributed by atoms with Crippen LogP contribution in [0.2, 0.25) is 0 Å². The van der Waals surface area contributed by atoms with E-state index in [4.69, 9.17) is 4.74 Å². The van der Waals surface area contributed by atoms with Crippen LogP contribution in [-0.4, -0.2) is 67.6 Å². The molecular weight excluding hydrogens is 336 g/mol. The molecule has 2 amide bonds. The Morgan fingerprint density at radius 3 is 3.08 bits per heavy atom. The lowest BCUT2D eigenvalue weighted by molar-refractivity contribution is -0.141. The van der Waals surface area contributed by atoms with Gasteiger partial charge in [-0.25, -0.2) is 9.50 Å². The van der Waals surface area contributed by atoms with E-state index in [0.717, 1.165) is 19.3 Å². The Labute approximate surface area is 150 Å². The molecule has 0 bridgehead atoms. The van der Waals surface area contributed by atoms with Crippen LogP contribution in [-0.2, 0) is 20.7 Å². The molecule has 0 saturated carbocycles. The molecule has 1 N–H and O–H groups in total. The van der Waals surface area contributed by atoms with Crippen LogP contribution in [0, 0.1) is 0 Å². The largest absolute Gasteiger partial charge is 0.368 e. The standard InChI is InChI=1S/C17H22N6O3/c1-11-8-12(10-22(11)16(25)13-4-2-7-26-13)19-15(24)9-14-20-17-18-5-3-6-23(17)21-14/h3,5-6,11-13H,2,4,7-10H2,1H3,(H,19,24). The molecule has 138 valence electrons. The first-order valence-corrected chi connectivity index (χ1v) is 8.98. The predicted molar refractivity (Wildman–Crippen MR) is 91.2 cm³/mol. The van der Waals surface area contributed by atoms with Gasteiger partial charge in [0.1, 0.15) is 6.10 Å². The van der Waals surface area contributed by atoms with Gasteiger partial charge in [0, 0.05) is 37.6 Å². The number of hydrogen-bond donors (Lipinski definition) is 1. The SMILES string of the molecule is CC1CC(NC(=O)Cc2nc3ncccn3n2)CN1C(=O)C1CCCO1. The highest BCUT2D eigenvalue weighted by molar-refractivity contribution is 5.82. The van der Waals surface area contributed by atoms with Crippen molar-refractivity contribution in [2.45, 2.75) is 50.8 Å². The maximum absolute atomic E-state index is 12.5. The van der Waals surface area contributed by atoms with Crippen molar-refractivity contribution < 1.29 is 14.3 Å². The molecule has 0 radical (unpaired) electrons. The number of likely N-dealkylation sites (tertiary alicyclic amines) is 1. The zero-order valence-corrected chi connectivity index (χ0v) is 14.7. The van der Waals surface area contributed by atoms with Gasteiger partial charge in [-0.1, -0.05) is 0 Å². The zero-order chi connectivity index (χ0) is 18.1. The molecule has 2 saturated heterocycles. The number of hydrogen-bond acceptors (Lipinski definition) is 6. The summed E-state index contributed by atoms with van der Waals surface area (Å²) in [7, 11) is 0. The van der Waals surface area contributed by atoms with Crippen molar-refractivity contribution in [1.29, 1.82) is 0 Å². The van der Waals surface area contributed by atoms with E-state index in [-0.39, 0.29) is 36.4 Å². The van der Waals surface area contributed by atoms with E-state index in [0.29, 0.717) is 24.8 Å². The van der Waals surface area contributed by atoms with E-state index in [2.05, 4.69) is 20.4 Å². The Balaban J connectivity index is 1.33. The molecule has 3 atom stereocenters. The maximum atomic E-state index is 12.5. The van der Waals surface area contributed by atoms with Crippen molar-refractivity contribution in [2.75, 3.05) is 13.2 Å². The average Bonchev–Trinajstić information content (AvgIpc) is 3.33. The van der Waals surface area contributed by atoms with Crippen molar-refractivity contribution in [3.05, 3.63) is 24.3 Å². The van der Waals surface area contributed by atoms with Gasteiger partial charge in [-0.3, -0.25) is 9.59 Å². The summed E-state index contributed by atoms with van der Waals surface area (Å²) < 4.78 is 7.04. The highest BCUT2D eigenvalue weighted by Crippen LogP contribution is 2.22. The first kappa shape index (κ1) is 16.9. The monoisotopic (exact) mass is 358 g/mol. The molecule has 9 heteroatoms. The number of aromatic nitrogens is 4. The summed E-state index contributed by atoms with van der Waals surface area (Å²) in [5.74, 6) is 0.794. The third-order valence-corrected chi connectivity index (χ3v) is 4.91. The average molecular weight is 358 g/mol. The molecule has 2 aromatic heterocycles. The van der Waals surface area contributed by atoms with Gasteiger partial charge in [-0.05, 0) is 32.3 Å². The molecule has 4 heterocycles. The Hall–Kier alpha value is -2.55. The molecular formula is C17H22N6O3. The Morgan fingerprint density at radius 2 is 2.31 bits per heavy atom. The fraction of sp³-hybridized carbons (Fsp3) is 0.588. The van der Waals surface area contributed by atoms with Crippen LogP contribution in [0.25, 0.3) is 5.78 Å². The summed E-state index contributed by atoms with van der Waals surface area (Å²) in [6.07, 6.45) is 5.60. The van der Waals surface area contributed by atoms with Gasteiger partial charge >= 0.3 is 0 Å². The zero-order valence-electron chi connectivity index (χ0n) is 14.7. The lowest BCUT2D eigenvalue weighted by atomic mass is 10.2. The molecule has 26 heavy (non-hydrogen) atoms. The van der Waals surface area contributed by atoms with Gasteiger partial charge in [0.2, 0.25) is 5.91 Å². The highest BCUT2D eigenvalue weighted by atomic mass is 16.5. The summed E-state index contributed by atoms with van der Waals surface area (Å²) >= 11 is 0. The van der Waals surface area contributed by atoms with Gasteiger partial charge in [0.25, 0.3) is 11.7 Å². The fourth-order valence-electron chi connectivity index (χ4n) is 3.67. The third-order valence-electron chi connectivity index (χ3n) is 4.91. The molecule has 2 aliphatic heterocycles. The predicted octanol–water partition coefficient (Wildman–Crippen LogP) is -0.0486. The lowest BCUT2D eigenvalue weighted by Crippen LogP contribution is -2.43. The van der Waals surface area contributed by atoms with E-state index in [1.165, 1.54) is 0 Å². The molecule has 2 fully saturated rings. The number of carbonyl (C=O) groups is 2. The number of fused-ring (bicyclic) bond motifs is 1. The molecule has 0 aliphatic carbocycles. The van der Waals surface area contributed by atoms with E-state index in [9.17, 15) is 9.59 Å².